The number of nitrogens with zero attached hydrogens (tertiary/aromatic N) is 3. The van der Waals surface area contributed by atoms with Crippen molar-refractivity contribution in [1.29, 1.82) is 0 Å². The smallest absolute Gasteiger partial charge is 0.275 e. The number of halogens is 1. The Morgan fingerprint density at radius 2 is 2.10 bits per heavy atom. The summed E-state index contributed by atoms with van der Waals surface area (Å²) in [5.74, 6) is -0.104. The van der Waals surface area contributed by atoms with Crippen molar-refractivity contribution in [2.75, 3.05) is 13.1 Å². The molecule has 3 heterocycles. The van der Waals surface area contributed by atoms with Crippen LogP contribution in [-0.2, 0) is 0 Å². The van der Waals surface area contributed by atoms with Crippen LogP contribution in [0.25, 0.3) is 5.65 Å². The zero-order valence-electron chi connectivity index (χ0n) is 11.7. The van der Waals surface area contributed by atoms with Crippen molar-refractivity contribution >= 4 is 23.2 Å². The van der Waals surface area contributed by atoms with Crippen LogP contribution < -0.4 is 0 Å². The van der Waals surface area contributed by atoms with Gasteiger partial charge in [0.2, 0.25) is 0 Å². The monoisotopic (exact) mass is 291 g/mol. The molecule has 1 aliphatic heterocycles. The Morgan fingerprint density at radius 3 is 2.75 bits per heavy atom. The van der Waals surface area contributed by atoms with Crippen LogP contribution in [0.2, 0.25) is 5.15 Å². The lowest BCUT2D eigenvalue weighted by Crippen LogP contribution is -2.34. The molecule has 4 nitrogen and oxygen atoms in total. The van der Waals surface area contributed by atoms with Crippen LogP contribution in [0.4, 0.5) is 0 Å². The summed E-state index contributed by atoms with van der Waals surface area (Å²) in [6, 6.07) is 5.56. The topological polar surface area (TPSA) is 37.6 Å². The summed E-state index contributed by atoms with van der Waals surface area (Å²) in [6.07, 6.45) is 6.76. The molecule has 106 valence electrons. The van der Waals surface area contributed by atoms with E-state index in [0.717, 1.165) is 13.0 Å². The molecule has 0 spiro atoms. The first-order valence-electron chi connectivity index (χ1n) is 6.84. The van der Waals surface area contributed by atoms with E-state index in [2.05, 4.69) is 11.1 Å². The van der Waals surface area contributed by atoms with Crippen molar-refractivity contribution < 1.29 is 4.79 Å². The van der Waals surface area contributed by atoms with Gasteiger partial charge in [0.05, 0.1) is 0 Å². The SMILES string of the molecule is CC.O=C(c1nc2ccccn2c1Cl)N1CC=CCC1. The molecule has 5 heteroatoms. The third-order valence-electron chi connectivity index (χ3n) is 3.02. The van der Waals surface area contributed by atoms with Crippen LogP contribution in [0.3, 0.4) is 0 Å². The molecule has 0 N–H and O–H groups in total. The highest BCUT2D eigenvalue weighted by molar-refractivity contribution is 6.32. The van der Waals surface area contributed by atoms with Gasteiger partial charge in [0.15, 0.2) is 5.69 Å². The molecule has 1 aliphatic rings. The standard InChI is InChI=1S/C13H12ClN3O.C2H6/c14-12-11(13(18)16-7-3-1-4-8-16)15-10-6-2-5-9-17(10)12;1-2/h1-3,5-6,9H,4,7-8H2;1-2H3. The average Bonchev–Trinajstić information content (AvgIpc) is 2.87. The van der Waals surface area contributed by atoms with Crippen molar-refractivity contribution in [3.8, 4) is 0 Å². The largest absolute Gasteiger partial charge is 0.333 e. The van der Waals surface area contributed by atoms with Crippen molar-refractivity contribution in [2.24, 2.45) is 0 Å². The van der Waals surface area contributed by atoms with Gasteiger partial charge >= 0.3 is 0 Å². The van der Waals surface area contributed by atoms with E-state index in [9.17, 15) is 4.79 Å². The van der Waals surface area contributed by atoms with Crippen LogP contribution in [0.15, 0.2) is 36.5 Å². The molecule has 0 saturated carbocycles. The van der Waals surface area contributed by atoms with Gasteiger partial charge in [0, 0.05) is 19.3 Å². The molecule has 0 bridgehead atoms. The third-order valence-corrected chi connectivity index (χ3v) is 3.38. The third kappa shape index (κ3) is 2.70. The Bertz CT molecular complexity index is 633. The Balaban J connectivity index is 0.000000704. The number of carbonyl (C=O) groups is 1. The highest BCUT2D eigenvalue weighted by atomic mass is 35.5. The van der Waals surface area contributed by atoms with Crippen LogP contribution in [0.5, 0.6) is 0 Å². The van der Waals surface area contributed by atoms with E-state index >= 15 is 0 Å². The average molecular weight is 292 g/mol. The zero-order valence-corrected chi connectivity index (χ0v) is 12.5. The second-order valence-corrected chi connectivity index (χ2v) is 4.55. The van der Waals surface area contributed by atoms with E-state index in [1.807, 2.05) is 38.1 Å². The highest BCUT2D eigenvalue weighted by Gasteiger charge is 2.22. The van der Waals surface area contributed by atoms with E-state index in [1.165, 1.54) is 0 Å². The number of amides is 1. The maximum Gasteiger partial charge on any atom is 0.275 e. The number of aromatic nitrogens is 2. The van der Waals surface area contributed by atoms with Crippen LogP contribution >= 0.6 is 11.6 Å². The number of hydrogen-bond acceptors (Lipinski definition) is 2. The van der Waals surface area contributed by atoms with Crippen LogP contribution in [0, 0.1) is 0 Å². The van der Waals surface area contributed by atoms with E-state index in [1.54, 1.807) is 15.5 Å². The predicted molar refractivity (Wildman–Crippen MR) is 81.2 cm³/mol. The van der Waals surface area contributed by atoms with Gasteiger partial charge in [-0.1, -0.05) is 43.7 Å². The number of rotatable bonds is 1. The molecule has 0 fully saturated rings. The Morgan fingerprint density at radius 1 is 1.30 bits per heavy atom. The number of pyridine rings is 1. The second-order valence-electron chi connectivity index (χ2n) is 4.19. The number of fused-ring (bicyclic) bond motifs is 1. The minimum atomic E-state index is -0.104. The lowest BCUT2D eigenvalue weighted by Gasteiger charge is -2.22. The van der Waals surface area contributed by atoms with Gasteiger partial charge in [0.1, 0.15) is 10.8 Å². The summed E-state index contributed by atoms with van der Waals surface area (Å²) in [4.78, 5) is 18.4. The van der Waals surface area contributed by atoms with Gasteiger partial charge < -0.3 is 4.90 Å². The summed E-state index contributed by atoms with van der Waals surface area (Å²) >= 11 is 6.21. The summed E-state index contributed by atoms with van der Waals surface area (Å²) < 4.78 is 1.72. The lowest BCUT2D eigenvalue weighted by atomic mass is 10.2. The van der Waals surface area contributed by atoms with Gasteiger partial charge in [-0.15, -0.1) is 0 Å². The Kier molecular flexibility index (Phi) is 4.79. The lowest BCUT2D eigenvalue weighted by molar-refractivity contribution is 0.0766. The van der Waals surface area contributed by atoms with Gasteiger partial charge in [-0.2, -0.15) is 0 Å². The van der Waals surface area contributed by atoms with Crippen molar-refractivity contribution in [2.45, 2.75) is 20.3 Å². The molecule has 2 aromatic heterocycles. The molecule has 2 aromatic rings. The fourth-order valence-electron chi connectivity index (χ4n) is 2.08. The van der Waals surface area contributed by atoms with E-state index in [0.29, 0.717) is 23.0 Å². The maximum atomic E-state index is 12.3. The number of imidazole rings is 1. The summed E-state index contributed by atoms with van der Waals surface area (Å²) in [7, 11) is 0. The minimum absolute atomic E-state index is 0.104. The fourth-order valence-corrected chi connectivity index (χ4v) is 2.34. The Labute approximate surface area is 123 Å². The molecule has 0 saturated heterocycles. The predicted octanol–water partition coefficient (Wildman–Crippen LogP) is 3.42. The zero-order chi connectivity index (χ0) is 14.5. The van der Waals surface area contributed by atoms with E-state index in [-0.39, 0.29) is 5.91 Å². The second kappa shape index (κ2) is 6.57. The minimum Gasteiger partial charge on any atom is -0.333 e. The van der Waals surface area contributed by atoms with Gasteiger partial charge in [-0.25, -0.2) is 4.98 Å². The van der Waals surface area contributed by atoms with Crippen molar-refractivity contribution in [3.63, 3.8) is 0 Å². The molecular weight excluding hydrogens is 274 g/mol. The number of carbonyl (C=O) groups excluding carboxylic acids is 1. The molecule has 0 atom stereocenters. The van der Waals surface area contributed by atoms with Gasteiger partial charge in [-0.3, -0.25) is 9.20 Å². The number of hydrogen-bond donors (Lipinski definition) is 0. The fraction of sp³-hybridized carbons (Fsp3) is 0.333. The first kappa shape index (κ1) is 14.6. The molecular formula is C15H18ClN3O. The highest BCUT2D eigenvalue weighted by Crippen LogP contribution is 2.20. The maximum absolute atomic E-state index is 12.3. The van der Waals surface area contributed by atoms with Crippen LogP contribution in [0.1, 0.15) is 30.8 Å². The van der Waals surface area contributed by atoms with Gasteiger partial charge in [-0.05, 0) is 18.6 Å². The molecule has 0 radical (unpaired) electrons. The van der Waals surface area contributed by atoms with E-state index < -0.39 is 0 Å². The molecule has 1 amide bonds. The molecule has 3 rings (SSSR count). The summed E-state index contributed by atoms with van der Waals surface area (Å²) in [5, 5.41) is 0.380. The Hall–Kier alpha value is -1.81. The first-order chi connectivity index (χ1) is 9.77. The quantitative estimate of drug-likeness (QED) is 0.755. The van der Waals surface area contributed by atoms with Gasteiger partial charge in [0.25, 0.3) is 5.91 Å². The molecule has 0 unspecified atom stereocenters. The van der Waals surface area contributed by atoms with E-state index in [4.69, 9.17) is 11.6 Å². The van der Waals surface area contributed by atoms with Crippen LogP contribution in [-0.4, -0.2) is 33.3 Å². The normalized spacial score (nSPS) is 14.1. The summed E-state index contributed by atoms with van der Waals surface area (Å²) in [5.41, 5.74) is 1.02. The molecule has 20 heavy (non-hydrogen) atoms. The molecule has 0 aliphatic carbocycles. The van der Waals surface area contributed by atoms with Crippen molar-refractivity contribution in [3.05, 3.63) is 47.4 Å². The molecule has 0 aromatic carbocycles. The first-order valence-corrected chi connectivity index (χ1v) is 7.22. The van der Waals surface area contributed by atoms with Crippen molar-refractivity contribution in [1.82, 2.24) is 14.3 Å². The summed E-state index contributed by atoms with van der Waals surface area (Å²) in [6.45, 7) is 5.35.